The van der Waals surface area contributed by atoms with Crippen molar-refractivity contribution in [1.29, 1.82) is 0 Å². The van der Waals surface area contributed by atoms with E-state index in [4.69, 9.17) is 9.47 Å². The largest absolute Gasteiger partial charge is 0.492 e. The first-order valence-electron chi connectivity index (χ1n) is 8.55. The monoisotopic (exact) mass is 391 g/mol. The average molecular weight is 391 g/mol. The number of aryl methyl sites for hydroxylation is 3. The van der Waals surface area contributed by atoms with Crippen LogP contribution in [-0.2, 0) is 14.8 Å². The zero-order valence-electron chi connectivity index (χ0n) is 16.2. The molecule has 2 rings (SSSR count). The number of ether oxygens (including phenoxy) is 2. The molecule has 0 saturated heterocycles. The Hall–Kier alpha value is -2.38. The highest BCUT2D eigenvalue weighted by Gasteiger charge is 2.20. The summed E-state index contributed by atoms with van der Waals surface area (Å²) in [5, 5.41) is 0. The van der Waals surface area contributed by atoms with Crippen LogP contribution in [0.1, 0.15) is 34.0 Å². The summed E-state index contributed by atoms with van der Waals surface area (Å²) in [5.41, 5.74) is 3.14. The molecule has 0 spiro atoms. The van der Waals surface area contributed by atoms with Crippen LogP contribution in [-0.4, -0.2) is 34.1 Å². The van der Waals surface area contributed by atoms with Crippen LogP contribution < -0.4 is 9.46 Å². The van der Waals surface area contributed by atoms with Crippen molar-refractivity contribution in [3.63, 3.8) is 0 Å². The zero-order chi connectivity index (χ0) is 20.2. The van der Waals surface area contributed by atoms with Crippen molar-refractivity contribution in [3.05, 3.63) is 58.7 Å². The maximum Gasteiger partial charge on any atom is 0.338 e. The highest BCUT2D eigenvalue weighted by molar-refractivity contribution is 7.89. The molecule has 0 aliphatic carbocycles. The predicted molar refractivity (Wildman–Crippen MR) is 104 cm³/mol. The summed E-state index contributed by atoms with van der Waals surface area (Å²) in [6.45, 7) is 7.62. The molecule has 2 aromatic rings. The summed E-state index contributed by atoms with van der Waals surface area (Å²) in [6, 6.07) is 9.63. The lowest BCUT2D eigenvalue weighted by Crippen LogP contribution is -2.36. The summed E-state index contributed by atoms with van der Waals surface area (Å²) in [4.78, 5) is 11.8. The van der Waals surface area contributed by atoms with E-state index in [0.29, 0.717) is 11.3 Å². The molecule has 27 heavy (non-hydrogen) atoms. The van der Waals surface area contributed by atoms with E-state index >= 15 is 0 Å². The number of carbonyl (C=O) groups excluding carboxylic acids is 1. The number of carbonyl (C=O) groups is 1. The molecule has 0 amide bonds. The van der Waals surface area contributed by atoms with Crippen LogP contribution in [0.15, 0.2) is 41.3 Å². The molecule has 7 heteroatoms. The number of methoxy groups -OCH3 is 1. The third-order valence-electron chi connectivity index (χ3n) is 4.26. The summed E-state index contributed by atoms with van der Waals surface area (Å²) in [6.07, 6.45) is 0. The third kappa shape index (κ3) is 5.30. The molecule has 0 fully saturated rings. The van der Waals surface area contributed by atoms with Crippen LogP contribution in [0.25, 0.3) is 0 Å². The van der Waals surface area contributed by atoms with Crippen molar-refractivity contribution in [2.45, 2.75) is 38.6 Å². The fourth-order valence-electron chi connectivity index (χ4n) is 2.49. The highest BCUT2D eigenvalue weighted by Crippen LogP contribution is 2.18. The molecule has 0 aliphatic rings. The maximum atomic E-state index is 12.6. The molecule has 2 aromatic carbocycles. The normalized spacial score (nSPS) is 12.5. The van der Waals surface area contributed by atoms with E-state index in [1.54, 1.807) is 19.9 Å². The van der Waals surface area contributed by atoms with Gasteiger partial charge in [0, 0.05) is 0 Å². The van der Waals surface area contributed by atoms with Gasteiger partial charge in [-0.1, -0.05) is 12.1 Å². The van der Waals surface area contributed by atoms with E-state index in [1.807, 2.05) is 32.0 Å². The fourth-order valence-corrected chi connectivity index (χ4v) is 3.74. The van der Waals surface area contributed by atoms with Gasteiger partial charge in [-0.25, -0.2) is 17.9 Å². The number of benzene rings is 2. The quantitative estimate of drug-likeness (QED) is 0.733. The Balaban J connectivity index is 2.08. The highest BCUT2D eigenvalue weighted by atomic mass is 32.2. The Morgan fingerprint density at radius 2 is 1.70 bits per heavy atom. The summed E-state index contributed by atoms with van der Waals surface area (Å²) >= 11 is 0. The lowest BCUT2D eigenvalue weighted by Gasteiger charge is -2.16. The predicted octanol–water partition coefficient (Wildman–Crippen LogP) is 3.14. The van der Waals surface area contributed by atoms with Crippen molar-refractivity contribution in [2.75, 3.05) is 13.7 Å². The second kappa shape index (κ2) is 8.54. The van der Waals surface area contributed by atoms with E-state index in [2.05, 4.69) is 4.72 Å². The lowest BCUT2D eigenvalue weighted by molar-refractivity contribution is 0.0599. The second-order valence-electron chi connectivity index (χ2n) is 6.55. The molecule has 146 valence electrons. The number of hydrogen-bond acceptors (Lipinski definition) is 5. The summed E-state index contributed by atoms with van der Waals surface area (Å²) < 4.78 is 38.2. The molecule has 0 bridgehead atoms. The van der Waals surface area contributed by atoms with Crippen LogP contribution in [0.3, 0.4) is 0 Å². The van der Waals surface area contributed by atoms with Gasteiger partial charge in [-0.15, -0.1) is 0 Å². The number of hydrogen-bond donors (Lipinski definition) is 1. The van der Waals surface area contributed by atoms with Gasteiger partial charge in [0.25, 0.3) is 0 Å². The smallest absolute Gasteiger partial charge is 0.338 e. The van der Waals surface area contributed by atoms with Gasteiger partial charge in [0.05, 0.1) is 23.6 Å². The summed E-state index contributed by atoms with van der Waals surface area (Å²) in [7, 11) is -2.54. The number of esters is 1. The Labute approximate surface area is 160 Å². The molecule has 0 saturated carbocycles. The molecular formula is C20H25NO5S. The summed E-state index contributed by atoms with van der Waals surface area (Å²) in [5.74, 6) is 0.114. The molecule has 0 radical (unpaired) electrons. The van der Waals surface area contributed by atoms with Crippen molar-refractivity contribution in [3.8, 4) is 5.75 Å². The van der Waals surface area contributed by atoms with Gasteiger partial charge in [0.15, 0.2) is 0 Å². The molecule has 0 aliphatic heterocycles. The van der Waals surface area contributed by atoms with Gasteiger partial charge in [0.2, 0.25) is 10.0 Å². The van der Waals surface area contributed by atoms with Crippen molar-refractivity contribution < 1.29 is 22.7 Å². The number of nitrogens with one attached hydrogen (secondary N) is 1. The standard InChI is InChI=1S/C20H25NO5S/c1-13-6-8-17(10-15(13)3)26-12-16(4)21-27(23,24)18-9-7-14(2)19(11-18)20(22)25-5/h6-11,16,21H,12H2,1-5H3/t16-/m1/s1. The molecule has 0 heterocycles. The van der Waals surface area contributed by atoms with Crippen molar-refractivity contribution >= 4 is 16.0 Å². The van der Waals surface area contributed by atoms with Gasteiger partial charge in [-0.3, -0.25) is 0 Å². The first-order chi connectivity index (χ1) is 12.6. The SMILES string of the molecule is COC(=O)c1cc(S(=O)(=O)N[C@H](C)COc2ccc(C)c(C)c2)ccc1C. The van der Waals surface area contributed by atoms with Gasteiger partial charge in [0.1, 0.15) is 12.4 Å². The lowest BCUT2D eigenvalue weighted by atomic mass is 10.1. The fraction of sp³-hybridized carbons (Fsp3) is 0.350. The topological polar surface area (TPSA) is 81.7 Å². The van der Waals surface area contributed by atoms with Gasteiger partial charge >= 0.3 is 5.97 Å². The second-order valence-corrected chi connectivity index (χ2v) is 8.26. The van der Waals surface area contributed by atoms with E-state index in [1.165, 1.54) is 19.2 Å². The third-order valence-corrected chi connectivity index (χ3v) is 5.85. The van der Waals surface area contributed by atoms with E-state index in [0.717, 1.165) is 11.1 Å². The number of rotatable bonds is 7. The van der Waals surface area contributed by atoms with Crippen LogP contribution in [0.5, 0.6) is 5.75 Å². The minimum atomic E-state index is -3.80. The van der Waals surface area contributed by atoms with Crippen LogP contribution in [0.4, 0.5) is 0 Å². The molecule has 0 aromatic heterocycles. The molecular weight excluding hydrogens is 366 g/mol. The molecule has 0 unspecified atom stereocenters. The van der Waals surface area contributed by atoms with Gasteiger partial charge < -0.3 is 9.47 Å². The minimum Gasteiger partial charge on any atom is -0.492 e. The van der Waals surface area contributed by atoms with Crippen LogP contribution in [0.2, 0.25) is 0 Å². The minimum absolute atomic E-state index is 0.00605. The Morgan fingerprint density at radius 3 is 2.33 bits per heavy atom. The van der Waals surface area contributed by atoms with E-state index in [-0.39, 0.29) is 17.1 Å². The molecule has 1 N–H and O–H groups in total. The maximum absolute atomic E-state index is 12.6. The van der Waals surface area contributed by atoms with Crippen molar-refractivity contribution in [1.82, 2.24) is 4.72 Å². The Morgan fingerprint density at radius 1 is 1.04 bits per heavy atom. The zero-order valence-corrected chi connectivity index (χ0v) is 17.0. The number of sulfonamides is 1. The van der Waals surface area contributed by atoms with Crippen LogP contribution >= 0.6 is 0 Å². The molecule has 6 nitrogen and oxygen atoms in total. The average Bonchev–Trinajstić information content (AvgIpc) is 2.62. The van der Waals surface area contributed by atoms with Gasteiger partial charge in [-0.2, -0.15) is 0 Å². The van der Waals surface area contributed by atoms with Crippen LogP contribution in [0, 0.1) is 20.8 Å². The first kappa shape index (κ1) is 20.9. The van der Waals surface area contributed by atoms with E-state index in [9.17, 15) is 13.2 Å². The van der Waals surface area contributed by atoms with Crippen molar-refractivity contribution in [2.24, 2.45) is 0 Å². The Bertz CT molecular complexity index is 937. The Kier molecular flexibility index (Phi) is 6.62. The van der Waals surface area contributed by atoms with Gasteiger partial charge in [-0.05, 0) is 68.7 Å². The van der Waals surface area contributed by atoms with E-state index < -0.39 is 22.0 Å². The molecule has 1 atom stereocenters. The first-order valence-corrected chi connectivity index (χ1v) is 10.0.